The van der Waals surface area contributed by atoms with Crippen molar-refractivity contribution in [1.29, 1.82) is 0 Å². The number of rotatable bonds is 2. The van der Waals surface area contributed by atoms with Crippen LogP contribution in [0.25, 0.3) is 17.0 Å². The van der Waals surface area contributed by atoms with Crippen LogP contribution in [0, 0.1) is 0 Å². The Labute approximate surface area is 118 Å². The molecule has 0 radical (unpaired) electrons. The standard InChI is InChI=1S/C11H6N2O2.C3H8O3/c14-9-5-6-1-2-8-7(3-4-12-8)10(6)13-11(9)15;4-1-3(6)2-5/h1-5,12H;3-6H,1-2H2. The zero-order chi connectivity index (χ0) is 15.4. The second-order valence-corrected chi connectivity index (χ2v) is 4.39. The average Bonchev–Trinajstić information content (AvgIpc) is 2.97. The Hall–Kier alpha value is -2.35. The van der Waals surface area contributed by atoms with Gasteiger partial charge in [0.15, 0.2) is 0 Å². The fourth-order valence-corrected chi connectivity index (χ4v) is 1.79. The van der Waals surface area contributed by atoms with Gasteiger partial charge in [-0.1, -0.05) is 6.07 Å². The molecule has 0 bridgehead atoms. The number of nitrogens with zero attached hydrogens (tertiary/aromatic N) is 1. The molecule has 1 aliphatic rings. The molecule has 1 aromatic carbocycles. The summed E-state index contributed by atoms with van der Waals surface area (Å²) in [7, 11) is 0. The summed E-state index contributed by atoms with van der Waals surface area (Å²) < 4.78 is 0. The third kappa shape index (κ3) is 3.22. The first-order valence-corrected chi connectivity index (χ1v) is 6.21. The molecule has 0 saturated carbocycles. The molecule has 110 valence electrons. The van der Waals surface area contributed by atoms with E-state index in [1.54, 1.807) is 12.3 Å². The molecule has 0 unspecified atom stereocenters. The molecule has 7 nitrogen and oxygen atoms in total. The number of carbonyl (C=O) groups is 2. The van der Waals surface area contributed by atoms with Crippen molar-refractivity contribution in [1.82, 2.24) is 4.98 Å². The summed E-state index contributed by atoms with van der Waals surface area (Å²) in [5.41, 5.74) is 0.910. The molecule has 0 atom stereocenters. The normalized spacial score (nSPS) is 13.3. The number of hydrogen-bond acceptors (Lipinski definition) is 5. The first-order chi connectivity index (χ1) is 10.1. The lowest BCUT2D eigenvalue weighted by Crippen LogP contribution is -2.34. The van der Waals surface area contributed by atoms with Crippen molar-refractivity contribution in [2.45, 2.75) is 6.10 Å². The van der Waals surface area contributed by atoms with E-state index in [0.717, 1.165) is 10.9 Å². The van der Waals surface area contributed by atoms with Crippen LogP contribution in [0.1, 0.15) is 0 Å². The predicted octanol–water partition coefficient (Wildman–Crippen LogP) is -1.99. The molecule has 0 fully saturated rings. The van der Waals surface area contributed by atoms with Crippen molar-refractivity contribution >= 4 is 28.7 Å². The summed E-state index contributed by atoms with van der Waals surface area (Å²) in [6.45, 7) is -0.729. The van der Waals surface area contributed by atoms with E-state index in [1.807, 2.05) is 12.1 Å². The molecule has 1 amide bonds. The molecule has 2 aromatic rings. The van der Waals surface area contributed by atoms with Crippen LogP contribution in [-0.4, -0.2) is 51.3 Å². The first kappa shape index (κ1) is 15.0. The number of amides is 1. The summed E-state index contributed by atoms with van der Waals surface area (Å²) in [4.78, 5) is 29.1. The highest BCUT2D eigenvalue weighted by atomic mass is 16.3. The van der Waals surface area contributed by atoms with Crippen molar-refractivity contribution < 1.29 is 24.9 Å². The number of fused-ring (bicyclic) bond motifs is 3. The summed E-state index contributed by atoms with van der Waals surface area (Å²) in [6, 6.07) is 5.49. The maximum absolute atomic E-state index is 11.2. The average molecular weight is 290 g/mol. The summed E-state index contributed by atoms with van der Waals surface area (Å²) >= 11 is 0. The van der Waals surface area contributed by atoms with Gasteiger partial charge in [-0.05, 0) is 12.1 Å². The fourth-order valence-electron chi connectivity index (χ4n) is 1.79. The summed E-state index contributed by atoms with van der Waals surface area (Å²) in [5, 5.41) is 26.2. The Bertz CT molecular complexity index is 789. The van der Waals surface area contributed by atoms with Crippen LogP contribution in [-0.2, 0) is 9.59 Å². The number of aliphatic hydroxyl groups is 3. The molecule has 1 aromatic heterocycles. The van der Waals surface area contributed by atoms with E-state index in [9.17, 15) is 9.59 Å². The number of carbonyl (C=O) groups excluding carboxylic acids is 2. The highest BCUT2D eigenvalue weighted by Crippen LogP contribution is 2.04. The second-order valence-electron chi connectivity index (χ2n) is 4.39. The lowest BCUT2D eigenvalue weighted by atomic mass is 10.1. The lowest BCUT2D eigenvalue weighted by molar-refractivity contribution is -0.132. The zero-order valence-corrected chi connectivity index (χ0v) is 11.0. The molecule has 1 aliphatic heterocycles. The Balaban J connectivity index is 0.000000232. The van der Waals surface area contributed by atoms with E-state index in [4.69, 9.17) is 15.3 Å². The van der Waals surface area contributed by atoms with Crippen LogP contribution < -0.4 is 10.6 Å². The molecule has 3 rings (SSSR count). The Morgan fingerprint density at radius 1 is 1.14 bits per heavy atom. The molecular formula is C14H14N2O5. The van der Waals surface area contributed by atoms with Crippen molar-refractivity contribution in [3.05, 3.63) is 35.0 Å². The SMILES string of the molecule is O=C1C=c2ccc3[nH]ccc3c2=NC1=O.OCC(O)CO. The van der Waals surface area contributed by atoms with E-state index in [0.29, 0.717) is 10.6 Å². The van der Waals surface area contributed by atoms with Crippen LogP contribution >= 0.6 is 0 Å². The van der Waals surface area contributed by atoms with E-state index in [1.165, 1.54) is 6.08 Å². The minimum atomic E-state index is -0.954. The van der Waals surface area contributed by atoms with Gasteiger partial charge in [0.25, 0.3) is 0 Å². The van der Waals surface area contributed by atoms with Crippen LogP contribution in [0.3, 0.4) is 0 Å². The first-order valence-electron chi connectivity index (χ1n) is 6.21. The monoisotopic (exact) mass is 290 g/mol. The number of aliphatic hydroxyl groups excluding tert-OH is 3. The van der Waals surface area contributed by atoms with E-state index in [-0.39, 0.29) is 13.2 Å². The van der Waals surface area contributed by atoms with Crippen LogP contribution in [0.4, 0.5) is 0 Å². The van der Waals surface area contributed by atoms with Crippen molar-refractivity contribution in [2.75, 3.05) is 13.2 Å². The van der Waals surface area contributed by atoms with Gasteiger partial charge in [0.1, 0.15) is 6.10 Å². The number of nitrogens with one attached hydrogen (secondary N) is 1. The largest absolute Gasteiger partial charge is 0.394 e. The number of benzene rings is 1. The van der Waals surface area contributed by atoms with Crippen LogP contribution in [0.5, 0.6) is 0 Å². The van der Waals surface area contributed by atoms with Gasteiger partial charge in [0.2, 0.25) is 5.78 Å². The van der Waals surface area contributed by atoms with Gasteiger partial charge in [-0.2, -0.15) is 0 Å². The molecule has 7 heteroatoms. The van der Waals surface area contributed by atoms with E-state index >= 15 is 0 Å². The lowest BCUT2D eigenvalue weighted by Gasteiger charge is -1.98. The highest BCUT2D eigenvalue weighted by molar-refractivity contribution is 6.48. The highest BCUT2D eigenvalue weighted by Gasteiger charge is 2.14. The topological polar surface area (TPSA) is 123 Å². The Morgan fingerprint density at radius 2 is 1.86 bits per heavy atom. The third-order valence-corrected chi connectivity index (χ3v) is 2.87. The molecular weight excluding hydrogens is 276 g/mol. The summed E-state index contributed by atoms with van der Waals surface area (Å²) in [6.07, 6.45) is 2.16. The van der Waals surface area contributed by atoms with Gasteiger partial charge in [0, 0.05) is 28.4 Å². The quantitative estimate of drug-likeness (QED) is 0.477. The van der Waals surface area contributed by atoms with Gasteiger partial charge in [-0.15, -0.1) is 0 Å². The van der Waals surface area contributed by atoms with Gasteiger partial charge < -0.3 is 20.3 Å². The van der Waals surface area contributed by atoms with Crippen LogP contribution in [0.2, 0.25) is 0 Å². The van der Waals surface area contributed by atoms with Crippen molar-refractivity contribution in [3.63, 3.8) is 0 Å². The number of Topliss-reactive ketones (excluding diaryl/α,β-unsaturated/α-hetero) is 1. The van der Waals surface area contributed by atoms with Gasteiger partial charge in [-0.25, -0.2) is 4.99 Å². The smallest absolute Gasteiger partial charge is 0.318 e. The van der Waals surface area contributed by atoms with Crippen molar-refractivity contribution in [2.24, 2.45) is 4.99 Å². The Morgan fingerprint density at radius 3 is 2.48 bits per heavy atom. The maximum atomic E-state index is 11.2. The number of ketones is 1. The molecule has 0 aliphatic carbocycles. The van der Waals surface area contributed by atoms with E-state index in [2.05, 4.69) is 9.98 Å². The number of aromatic amines is 1. The molecule has 0 saturated heterocycles. The molecule has 2 heterocycles. The fraction of sp³-hybridized carbons (Fsp3) is 0.214. The number of aromatic nitrogens is 1. The van der Waals surface area contributed by atoms with Gasteiger partial charge >= 0.3 is 5.91 Å². The zero-order valence-electron chi connectivity index (χ0n) is 11.0. The molecule has 21 heavy (non-hydrogen) atoms. The Kier molecular flexibility index (Phi) is 4.59. The summed E-state index contributed by atoms with van der Waals surface area (Å²) in [5.74, 6) is -1.26. The van der Waals surface area contributed by atoms with Gasteiger partial charge in [-0.3, -0.25) is 9.59 Å². The maximum Gasteiger partial charge on any atom is 0.318 e. The van der Waals surface area contributed by atoms with Crippen molar-refractivity contribution in [3.8, 4) is 0 Å². The number of hydrogen-bond donors (Lipinski definition) is 4. The minimum Gasteiger partial charge on any atom is -0.394 e. The molecule has 4 N–H and O–H groups in total. The van der Waals surface area contributed by atoms with Crippen LogP contribution in [0.15, 0.2) is 29.4 Å². The predicted molar refractivity (Wildman–Crippen MR) is 73.7 cm³/mol. The second kappa shape index (κ2) is 6.40. The van der Waals surface area contributed by atoms with E-state index < -0.39 is 17.8 Å². The minimum absolute atomic E-state index is 0.365. The molecule has 0 spiro atoms. The number of H-pyrrole nitrogens is 1. The third-order valence-electron chi connectivity index (χ3n) is 2.87. The van der Waals surface area contributed by atoms with Gasteiger partial charge in [0.05, 0.1) is 18.6 Å².